The van der Waals surface area contributed by atoms with Crippen molar-refractivity contribution in [2.45, 2.75) is 19.4 Å². The highest BCUT2D eigenvalue weighted by Gasteiger charge is 2.21. The lowest BCUT2D eigenvalue weighted by atomic mass is 10.00. The molecule has 10 nitrogen and oxygen atoms in total. The number of hydrogen-bond donors (Lipinski definition) is 4. The molecule has 4 N–H and O–H groups in total. The topological polar surface area (TPSA) is 138 Å². The molecule has 33 heavy (non-hydrogen) atoms. The number of ether oxygens (including phenoxy) is 1. The second-order valence-electron chi connectivity index (χ2n) is 7.31. The zero-order chi connectivity index (χ0) is 23.2. The van der Waals surface area contributed by atoms with Gasteiger partial charge in [0.05, 0.1) is 24.9 Å². The van der Waals surface area contributed by atoms with Crippen LogP contribution >= 0.6 is 0 Å². The molecule has 1 aliphatic heterocycles. The Morgan fingerprint density at radius 1 is 1.27 bits per heavy atom. The number of amides is 1. The number of nitrogens with one attached hydrogen (secondary N) is 3. The SMILES string of the molecule is CCOC(=O)c1cnc(Nc2ccc3c(c2)CCNC3=O)nc1N[C@H](CO)c1ccccn1. The highest BCUT2D eigenvalue weighted by molar-refractivity contribution is 5.97. The molecule has 2 aromatic heterocycles. The second kappa shape index (κ2) is 10.0. The van der Waals surface area contributed by atoms with Crippen molar-refractivity contribution < 1.29 is 19.4 Å². The summed E-state index contributed by atoms with van der Waals surface area (Å²) in [5, 5.41) is 18.9. The van der Waals surface area contributed by atoms with Gasteiger partial charge in [-0.25, -0.2) is 9.78 Å². The summed E-state index contributed by atoms with van der Waals surface area (Å²) in [5.74, 6) is -0.227. The Bertz CT molecular complexity index is 1150. The Hall–Kier alpha value is -4.05. The van der Waals surface area contributed by atoms with Crippen LogP contribution in [0.5, 0.6) is 0 Å². The molecule has 0 unspecified atom stereocenters. The van der Waals surface area contributed by atoms with Crippen LogP contribution in [0.15, 0.2) is 48.8 Å². The summed E-state index contributed by atoms with van der Waals surface area (Å²) >= 11 is 0. The molecule has 0 bridgehead atoms. The molecule has 0 saturated heterocycles. The summed E-state index contributed by atoms with van der Waals surface area (Å²) in [5.41, 5.74) is 3.02. The lowest BCUT2D eigenvalue weighted by Crippen LogP contribution is -2.31. The average Bonchev–Trinajstić information content (AvgIpc) is 2.83. The molecule has 3 aromatic rings. The van der Waals surface area contributed by atoms with Gasteiger partial charge in [-0.2, -0.15) is 4.98 Å². The number of hydrogen-bond acceptors (Lipinski definition) is 9. The summed E-state index contributed by atoms with van der Waals surface area (Å²) in [6.45, 7) is 2.23. The number of carbonyl (C=O) groups is 2. The molecule has 1 amide bonds. The van der Waals surface area contributed by atoms with Gasteiger partial charge in [0.1, 0.15) is 11.4 Å². The third kappa shape index (κ3) is 5.07. The number of aromatic nitrogens is 3. The maximum Gasteiger partial charge on any atom is 0.343 e. The molecule has 0 aliphatic carbocycles. The number of anilines is 3. The average molecular weight is 448 g/mol. The molecule has 0 spiro atoms. The standard InChI is InChI=1S/C23H24N6O4/c1-2-33-22(32)17-12-26-23(27-15-6-7-16-14(11-15)8-10-25-21(16)31)29-20(17)28-19(13-30)18-5-3-4-9-24-18/h3-7,9,11-12,19,30H,2,8,10,13H2,1H3,(H,25,31)(H2,26,27,28,29)/t19-/m1/s1. The summed E-state index contributed by atoms with van der Waals surface area (Å²) in [6, 6.07) is 10.2. The van der Waals surface area contributed by atoms with Crippen molar-refractivity contribution in [1.29, 1.82) is 0 Å². The largest absolute Gasteiger partial charge is 0.462 e. The van der Waals surface area contributed by atoms with E-state index in [1.807, 2.05) is 12.1 Å². The van der Waals surface area contributed by atoms with E-state index in [9.17, 15) is 14.7 Å². The number of benzene rings is 1. The Kier molecular flexibility index (Phi) is 6.75. The predicted molar refractivity (Wildman–Crippen MR) is 121 cm³/mol. The maximum absolute atomic E-state index is 12.5. The summed E-state index contributed by atoms with van der Waals surface area (Å²) < 4.78 is 5.12. The van der Waals surface area contributed by atoms with E-state index >= 15 is 0 Å². The molecule has 1 aromatic carbocycles. The van der Waals surface area contributed by atoms with Gasteiger partial charge in [0.15, 0.2) is 0 Å². The zero-order valence-electron chi connectivity index (χ0n) is 18.0. The number of fused-ring (bicyclic) bond motifs is 1. The number of nitrogens with zero attached hydrogens (tertiary/aromatic N) is 3. The smallest absolute Gasteiger partial charge is 0.343 e. The number of rotatable bonds is 8. The van der Waals surface area contributed by atoms with Crippen molar-refractivity contribution in [2.24, 2.45) is 0 Å². The molecule has 3 heterocycles. The van der Waals surface area contributed by atoms with E-state index in [0.717, 1.165) is 12.0 Å². The van der Waals surface area contributed by atoms with Gasteiger partial charge in [-0.15, -0.1) is 0 Å². The van der Waals surface area contributed by atoms with Crippen molar-refractivity contribution >= 4 is 29.3 Å². The number of aliphatic hydroxyl groups excluding tert-OH is 1. The molecule has 170 valence electrons. The molecule has 1 aliphatic rings. The summed E-state index contributed by atoms with van der Waals surface area (Å²) in [4.78, 5) is 37.4. The third-order valence-electron chi connectivity index (χ3n) is 5.11. The first kappa shape index (κ1) is 22.2. The van der Waals surface area contributed by atoms with E-state index in [0.29, 0.717) is 23.5 Å². The predicted octanol–water partition coefficient (Wildman–Crippen LogP) is 2.22. The first-order valence-corrected chi connectivity index (χ1v) is 10.6. The van der Waals surface area contributed by atoms with Gasteiger partial charge < -0.3 is 25.8 Å². The van der Waals surface area contributed by atoms with Gasteiger partial charge in [-0.3, -0.25) is 9.78 Å². The fourth-order valence-electron chi connectivity index (χ4n) is 3.51. The molecule has 0 saturated carbocycles. The quantitative estimate of drug-likeness (QED) is 0.382. The first-order chi connectivity index (χ1) is 16.1. The van der Waals surface area contributed by atoms with Gasteiger partial charge in [-0.05, 0) is 49.2 Å². The van der Waals surface area contributed by atoms with E-state index in [2.05, 4.69) is 30.9 Å². The van der Waals surface area contributed by atoms with Crippen LogP contribution in [0.2, 0.25) is 0 Å². The van der Waals surface area contributed by atoms with E-state index in [-0.39, 0.29) is 36.5 Å². The van der Waals surface area contributed by atoms with Crippen molar-refractivity contribution in [3.8, 4) is 0 Å². The van der Waals surface area contributed by atoms with Crippen molar-refractivity contribution in [1.82, 2.24) is 20.3 Å². The fraction of sp³-hybridized carbons (Fsp3) is 0.261. The molecular weight excluding hydrogens is 424 g/mol. The van der Waals surface area contributed by atoms with Gasteiger partial charge in [-0.1, -0.05) is 6.07 Å². The van der Waals surface area contributed by atoms with E-state index in [1.54, 1.807) is 37.4 Å². The van der Waals surface area contributed by atoms with Gasteiger partial charge in [0.25, 0.3) is 5.91 Å². The molecule has 0 fully saturated rings. The summed E-state index contributed by atoms with van der Waals surface area (Å²) in [7, 11) is 0. The maximum atomic E-state index is 12.5. The van der Waals surface area contributed by atoms with Crippen molar-refractivity contribution in [3.05, 3.63) is 71.2 Å². The minimum Gasteiger partial charge on any atom is -0.462 e. The van der Waals surface area contributed by atoms with Gasteiger partial charge >= 0.3 is 5.97 Å². The van der Waals surface area contributed by atoms with Crippen LogP contribution < -0.4 is 16.0 Å². The van der Waals surface area contributed by atoms with Crippen molar-refractivity contribution in [3.63, 3.8) is 0 Å². The van der Waals surface area contributed by atoms with E-state index in [1.165, 1.54) is 6.20 Å². The highest BCUT2D eigenvalue weighted by Crippen LogP contribution is 2.25. The monoisotopic (exact) mass is 448 g/mol. The third-order valence-corrected chi connectivity index (χ3v) is 5.11. The van der Waals surface area contributed by atoms with Crippen LogP contribution in [0.3, 0.4) is 0 Å². The Labute approximate surface area is 190 Å². The number of pyridine rings is 1. The minimum absolute atomic E-state index is 0.0890. The Morgan fingerprint density at radius 2 is 2.15 bits per heavy atom. The molecule has 4 rings (SSSR count). The molecule has 1 atom stereocenters. The normalized spacial score (nSPS) is 13.5. The van der Waals surface area contributed by atoms with Crippen LogP contribution in [0.1, 0.15) is 44.9 Å². The summed E-state index contributed by atoms with van der Waals surface area (Å²) in [6.07, 6.45) is 3.72. The van der Waals surface area contributed by atoms with Crippen LogP contribution in [-0.2, 0) is 11.2 Å². The van der Waals surface area contributed by atoms with Gasteiger partial charge in [0.2, 0.25) is 5.95 Å². The van der Waals surface area contributed by atoms with E-state index in [4.69, 9.17) is 4.74 Å². The van der Waals surface area contributed by atoms with Crippen LogP contribution in [0, 0.1) is 0 Å². The van der Waals surface area contributed by atoms with Crippen molar-refractivity contribution in [2.75, 3.05) is 30.4 Å². The molecule has 10 heteroatoms. The Morgan fingerprint density at radius 3 is 2.91 bits per heavy atom. The minimum atomic E-state index is -0.593. The lowest BCUT2D eigenvalue weighted by molar-refractivity contribution is 0.0526. The lowest BCUT2D eigenvalue weighted by Gasteiger charge is -2.19. The van der Waals surface area contributed by atoms with Gasteiger partial charge in [0, 0.05) is 30.2 Å². The highest BCUT2D eigenvalue weighted by atomic mass is 16.5. The van der Waals surface area contributed by atoms with Crippen LogP contribution in [0.25, 0.3) is 0 Å². The zero-order valence-corrected chi connectivity index (χ0v) is 18.0. The number of carbonyl (C=O) groups excluding carboxylic acids is 2. The molecule has 0 radical (unpaired) electrons. The molecular formula is C23H24N6O4. The Balaban J connectivity index is 1.63. The number of esters is 1. The second-order valence-corrected chi connectivity index (χ2v) is 7.31. The fourth-order valence-corrected chi connectivity index (χ4v) is 3.51. The first-order valence-electron chi connectivity index (χ1n) is 10.6. The van der Waals surface area contributed by atoms with Crippen LogP contribution in [-0.4, -0.2) is 51.7 Å². The van der Waals surface area contributed by atoms with E-state index < -0.39 is 12.0 Å². The van der Waals surface area contributed by atoms with Crippen LogP contribution in [0.4, 0.5) is 17.5 Å². The number of aliphatic hydroxyl groups is 1.